The fraction of sp³-hybridized carbons (Fsp3) is 0.438. The number of likely N-dealkylation sites (tertiary alicyclic amines) is 1. The highest BCUT2D eigenvalue weighted by Gasteiger charge is 2.36. The Morgan fingerprint density at radius 2 is 2.20 bits per heavy atom. The summed E-state index contributed by atoms with van der Waals surface area (Å²) in [5.74, 6) is 0.448. The maximum atomic E-state index is 12.6. The van der Waals surface area contributed by atoms with Crippen LogP contribution in [0, 0.1) is 12.3 Å². The zero-order valence-corrected chi connectivity index (χ0v) is 12.0. The number of furan rings is 1. The van der Waals surface area contributed by atoms with Gasteiger partial charge in [0.05, 0.1) is 0 Å². The van der Waals surface area contributed by atoms with Crippen LogP contribution in [0.15, 0.2) is 28.7 Å². The standard InChI is InChI=1S/C16H20N2O2/c1-11-12-5-3-4-6-13(12)20-14(11)15(19)18-8-7-16(2,9-17)10-18/h3-6H,7-10,17H2,1-2H3. The minimum absolute atomic E-state index is 0.0177. The number of carbonyl (C=O) groups excluding carboxylic acids is 1. The van der Waals surface area contributed by atoms with Crippen molar-refractivity contribution in [1.82, 2.24) is 4.90 Å². The van der Waals surface area contributed by atoms with E-state index >= 15 is 0 Å². The highest BCUT2D eigenvalue weighted by Crippen LogP contribution is 2.32. The van der Waals surface area contributed by atoms with Crippen molar-refractivity contribution >= 4 is 16.9 Å². The van der Waals surface area contributed by atoms with E-state index in [9.17, 15) is 4.79 Å². The molecule has 1 aliphatic heterocycles. The number of hydrogen-bond donors (Lipinski definition) is 1. The number of carbonyl (C=O) groups is 1. The van der Waals surface area contributed by atoms with Crippen LogP contribution in [0.4, 0.5) is 0 Å². The first-order chi connectivity index (χ1) is 9.54. The summed E-state index contributed by atoms with van der Waals surface area (Å²) >= 11 is 0. The van der Waals surface area contributed by atoms with Gasteiger partial charge >= 0.3 is 0 Å². The highest BCUT2D eigenvalue weighted by molar-refractivity contribution is 5.99. The maximum Gasteiger partial charge on any atom is 0.289 e. The molecular weight excluding hydrogens is 252 g/mol. The van der Waals surface area contributed by atoms with E-state index in [4.69, 9.17) is 10.2 Å². The molecule has 0 bridgehead atoms. The van der Waals surface area contributed by atoms with Gasteiger partial charge in [-0.15, -0.1) is 0 Å². The van der Waals surface area contributed by atoms with E-state index in [0.717, 1.165) is 29.5 Å². The van der Waals surface area contributed by atoms with Crippen molar-refractivity contribution in [2.75, 3.05) is 19.6 Å². The Balaban J connectivity index is 1.92. The van der Waals surface area contributed by atoms with E-state index in [1.54, 1.807) is 0 Å². The number of aryl methyl sites for hydroxylation is 1. The number of rotatable bonds is 2. The molecule has 2 N–H and O–H groups in total. The van der Waals surface area contributed by atoms with Gasteiger partial charge in [-0.05, 0) is 31.4 Å². The molecule has 1 saturated heterocycles. The molecule has 1 unspecified atom stereocenters. The fourth-order valence-corrected chi connectivity index (χ4v) is 2.89. The summed E-state index contributed by atoms with van der Waals surface area (Å²) in [6, 6.07) is 7.76. The number of nitrogens with zero attached hydrogens (tertiary/aromatic N) is 1. The third-order valence-corrected chi connectivity index (χ3v) is 4.38. The molecule has 20 heavy (non-hydrogen) atoms. The summed E-state index contributed by atoms with van der Waals surface area (Å²) in [5.41, 5.74) is 7.53. The van der Waals surface area contributed by atoms with Crippen LogP contribution >= 0.6 is 0 Å². The van der Waals surface area contributed by atoms with Gasteiger partial charge < -0.3 is 15.1 Å². The zero-order valence-electron chi connectivity index (χ0n) is 12.0. The molecule has 4 nitrogen and oxygen atoms in total. The molecule has 1 atom stereocenters. The Kier molecular flexibility index (Phi) is 3.05. The molecule has 0 saturated carbocycles. The molecule has 2 aromatic rings. The molecule has 0 spiro atoms. The first-order valence-electron chi connectivity index (χ1n) is 7.01. The summed E-state index contributed by atoms with van der Waals surface area (Å²) < 4.78 is 5.75. The van der Waals surface area contributed by atoms with Crippen LogP contribution in [0.5, 0.6) is 0 Å². The van der Waals surface area contributed by atoms with Crippen molar-refractivity contribution in [2.24, 2.45) is 11.1 Å². The number of amides is 1. The Labute approximate surface area is 118 Å². The topological polar surface area (TPSA) is 59.5 Å². The Morgan fingerprint density at radius 3 is 2.85 bits per heavy atom. The number of para-hydroxylation sites is 1. The zero-order chi connectivity index (χ0) is 14.3. The molecule has 1 aromatic heterocycles. The predicted molar refractivity (Wildman–Crippen MR) is 78.6 cm³/mol. The van der Waals surface area contributed by atoms with E-state index in [1.807, 2.05) is 36.1 Å². The maximum absolute atomic E-state index is 12.6. The lowest BCUT2D eigenvalue weighted by atomic mass is 9.90. The second kappa shape index (κ2) is 4.63. The normalized spacial score (nSPS) is 22.6. The van der Waals surface area contributed by atoms with Gasteiger partial charge in [-0.1, -0.05) is 25.1 Å². The number of hydrogen-bond acceptors (Lipinski definition) is 3. The molecule has 4 heteroatoms. The summed E-state index contributed by atoms with van der Waals surface area (Å²) in [6.45, 7) is 6.14. The van der Waals surface area contributed by atoms with Gasteiger partial charge in [0.2, 0.25) is 0 Å². The molecule has 1 aliphatic rings. The molecule has 106 valence electrons. The van der Waals surface area contributed by atoms with Crippen molar-refractivity contribution in [3.8, 4) is 0 Å². The van der Waals surface area contributed by atoms with E-state index in [2.05, 4.69) is 6.92 Å². The Morgan fingerprint density at radius 1 is 1.45 bits per heavy atom. The lowest BCUT2D eigenvalue weighted by molar-refractivity contribution is 0.0746. The van der Waals surface area contributed by atoms with Crippen molar-refractivity contribution in [1.29, 1.82) is 0 Å². The molecule has 1 fully saturated rings. The van der Waals surface area contributed by atoms with Crippen molar-refractivity contribution in [2.45, 2.75) is 20.3 Å². The van der Waals surface area contributed by atoms with Crippen LogP contribution in [0.3, 0.4) is 0 Å². The van der Waals surface area contributed by atoms with Gasteiger partial charge in [0.15, 0.2) is 5.76 Å². The average Bonchev–Trinajstić information content (AvgIpc) is 3.01. The number of fused-ring (bicyclic) bond motifs is 1. The molecule has 1 amide bonds. The minimum Gasteiger partial charge on any atom is -0.451 e. The van der Waals surface area contributed by atoms with Crippen LogP contribution in [0.1, 0.15) is 29.5 Å². The first-order valence-corrected chi connectivity index (χ1v) is 7.01. The van der Waals surface area contributed by atoms with E-state index in [-0.39, 0.29) is 11.3 Å². The van der Waals surface area contributed by atoms with Crippen LogP contribution < -0.4 is 5.73 Å². The van der Waals surface area contributed by atoms with Gasteiger partial charge in [-0.2, -0.15) is 0 Å². The molecular formula is C16H20N2O2. The van der Waals surface area contributed by atoms with Gasteiger partial charge in [0, 0.05) is 24.0 Å². The first kappa shape index (κ1) is 13.2. The van der Waals surface area contributed by atoms with Gasteiger partial charge in [0.1, 0.15) is 5.58 Å². The van der Waals surface area contributed by atoms with Gasteiger partial charge in [-0.25, -0.2) is 0 Å². The largest absolute Gasteiger partial charge is 0.451 e. The molecule has 1 aromatic carbocycles. The van der Waals surface area contributed by atoms with Crippen molar-refractivity contribution in [3.05, 3.63) is 35.6 Å². The predicted octanol–water partition coefficient (Wildman–Crippen LogP) is 2.55. The lowest BCUT2D eigenvalue weighted by Crippen LogP contribution is -2.34. The van der Waals surface area contributed by atoms with Gasteiger partial charge in [0.25, 0.3) is 5.91 Å². The minimum atomic E-state index is -0.0177. The molecule has 0 radical (unpaired) electrons. The van der Waals surface area contributed by atoms with E-state index in [0.29, 0.717) is 18.8 Å². The Hall–Kier alpha value is -1.81. The summed E-state index contributed by atoms with van der Waals surface area (Å²) in [4.78, 5) is 14.5. The van der Waals surface area contributed by atoms with Crippen LogP contribution in [-0.4, -0.2) is 30.4 Å². The third-order valence-electron chi connectivity index (χ3n) is 4.38. The highest BCUT2D eigenvalue weighted by atomic mass is 16.3. The van der Waals surface area contributed by atoms with E-state index < -0.39 is 0 Å². The summed E-state index contributed by atoms with van der Waals surface area (Å²) in [5, 5.41) is 1.01. The second-order valence-electron chi connectivity index (χ2n) is 6.04. The van der Waals surface area contributed by atoms with Crippen LogP contribution in [0.25, 0.3) is 11.0 Å². The van der Waals surface area contributed by atoms with Crippen LogP contribution in [-0.2, 0) is 0 Å². The third kappa shape index (κ3) is 2.00. The van der Waals surface area contributed by atoms with Crippen molar-refractivity contribution in [3.63, 3.8) is 0 Å². The number of benzene rings is 1. The van der Waals surface area contributed by atoms with E-state index in [1.165, 1.54) is 0 Å². The smallest absolute Gasteiger partial charge is 0.289 e. The van der Waals surface area contributed by atoms with Crippen molar-refractivity contribution < 1.29 is 9.21 Å². The summed E-state index contributed by atoms with van der Waals surface area (Å²) in [7, 11) is 0. The Bertz CT molecular complexity index is 662. The molecule has 0 aliphatic carbocycles. The second-order valence-corrected chi connectivity index (χ2v) is 6.04. The monoisotopic (exact) mass is 272 g/mol. The quantitative estimate of drug-likeness (QED) is 0.914. The SMILES string of the molecule is Cc1c(C(=O)N2CCC(C)(CN)C2)oc2ccccc12. The van der Waals surface area contributed by atoms with Gasteiger partial charge in [-0.3, -0.25) is 4.79 Å². The average molecular weight is 272 g/mol. The number of nitrogens with two attached hydrogens (primary N) is 1. The molecule has 3 rings (SSSR count). The summed E-state index contributed by atoms with van der Waals surface area (Å²) in [6.07, 6.45) is 0.953. The lowest BCUT2D eigenvalue weighted by Gasteiger charge is -2.22. The fourth-order valence-electron chi connectivity index (χ4n) is 2.89. The van der Waals surface area contributed by atoms with Crippen LogP contribution in [0.2, 0.25) is 0 Å². The molecule has 2 heterocycles.